The van der Waals surface area contributed by atoms with Crippen molar-refractivity contribution in [2.45, 2.75) is 46.6 Å². The Labute approximate surface area is 127 Å². The Hall–Kier alpha value is -1.97. The first-order valence-corrected chi connectivity index (χ1v) is 7.73. The van der Waals surface area contributed by atoms with Gasteiger partial charge in [-0.15, -0.1) is 0 Å². The lowest BCUT2D eigenvalue weighted by Gasteiger charge is -2.07. The first kappa shape index (κ1) is 15.4. The maximum atomic E-state index is 6.26. The molecule has 114 valence electrons. The van der Waals surface area contributed by atoms with Gasteiger partial charge < -0.3 is 15.0 Å². The fourth-order valence-electron chi connectivity index (χ4n) is 2.32. The van der Waals surface area contributed by atoms with Gasteiger partial charge in [0.2, 0.25) is 0 Å². The van der Waals surface area contributed by atoms with E-state index in [1.54, 1.807) is 0 Å². The van der Waals surface area contributed by atoms with Crippen molar-refractivity contribution in [2.24, 2.45) is 0 Å². The molecule has 0 radical (unpaired) electrons. The third-order valence-corrected chi connectivity index (χ3v) is 3.53. The van der Waals surface area contributed by atoms with Crippen molar-refractivity contribution in [2.75, 3.05) is 12.3 Å². The van der Waals surface area contributed by atoms with E-state index in [9.17, 15) is 0 Å². The van der Waals surface area contributed by atoms with Crippen LogP contribution in [0.5, 0.6) is 5.75 Å². The van der Waals surface area contributed by atoms with Crippen molar-refractivity contribution in [1.29, 1.82) is 0 Å². The summed E-state index contributed by atoms with van der Waals surface area (Å²) in [4.78, 5) is 4.62. The zero-order valence-electron chi connectivity index (χ0n) is 13.2. The van der Waals surface area contributed by atoms with Crippen LogP contribution < -0.4 is 10.5 Å². The summed E-state index contributed by atoms with van der Waals surface area (Å²) in [7, 11) is 0. The molecule has 2 rings (SSSR count). The van der Waals surface area contributed by atoms with Crippen molar-refractivity contribution in [3.63, 3.8) is 0 Å². The summed E-state index contributed by atoms with van der Waals surface area (Å²) in [5.74, 6) is 2.62. The van der Waals surface area contributed by atoms with Gasteiger partial charge in [-0.3, -0.25) is 0 Å². The van der Waals surface area contributed by atoms with Gasteiger partial charge in [0.15, 0.2) is 0 Å². The molecule has 0 saturated carbocycles. The SMILES string of the molecule is CCCCn1c(C)nc(-c2ccc(OCCC)cc2)c1N. The first-order chi connectivity index (χ1) is 10.2. The lowest BCUT2D eigenvalue weighted by molar-refractivity contribution is 0.317. The minimum absolute atomic E-state index is 0.742. The molecule has 2 aromatic rings. The van der Waals surface area contributed by atoms with Crippen LogP contribution in [0.2, 0.25) is 0 Å². The molecule has 0 spiro atoms. The number of rotatable bonds is 7. The van der Waals surface area contributed by atoms with Gasteiger partial charge in [0, 0.05) is 12.1 Å². The Kier molecular flexibility index (Phi) is 5.26. The molecule has 0 amide bonds. The number of imidazole rings is 1. The monoisotopic (exact) mass is 287 g/mol. The summed E-state index contributed by atoms with van der Waals surface area (Å²) < 4.78 is 7.70. The molecule has 4 nitrogen and oxygen atoms in total. The predicted molar refractivity (Wildman–Crippen MR) is 87.5 cm³/mol. The second-order valence-corrected chi connectivity index (χ2v) is 5.27. The molecule has 21 heavy (non-hydrogen) atoms. The normalized spacial score (nSPS) is 10.8. The third kappa shape index (κ3) is 3.57. The topological polar surface area (TPSA) is 53.1 Å². The standard InChI is InChI=1S/C17H25N3O/c1-4-6-11-20-13(3)19-16(17(20)18)14-7-9-15(10-8-14)21-12-5-2/h7-10H,4-6,11-12,18H2,1-3H3. The lowest BCUT2D eigenvalue weighted by Crippen LogP contribution is -2.04. The van der Waals surface area contributed by atoms with Crippen LogP contribution in [-0.2, 0) is 6.54 Å². The van der Waals surface area contributed by atoms with Crippen LogP contribution in [0.25, 0.3) is 11.3 Å². The summed E-state index contributed by atoms with van der Waals surface area (Å²) in [6, 6.07) is 8.00. The number of benzene rings is 1. The van der Waals surface area contributed by atoms with Crippen LogP contribution in [0.1, 0.15) is 38.9 Å². The van der Waals surface area contributed by atoms with Crippen LogP contribution >= 0.6 is 0 Å². The van der Waals surface area contributed by atoms with Crippen molar-refractivity contribution in [3.8, 4) is 17.0 Å². The molecule has 1 aromatic carbocycles. The van der Waals surface area contributed by atoms with Crippen LogP contribution in [0.4, 0.5) is 5.82 Å². The van der Waals surface area contributed by atoms with Gasteiger partial charge in [0.1, 0.15) is 23.1 Å². The molecule has 2 N–H and O–H groups in total. The maximum Gasteiger partial charge on any atom is 0.131 e. The smallest absolute Gasteiger partial charge is 0.131 e. The number of hydrogen-bond acceptors (Lipinski definition) is 3. The van der Waals surface area contributed by atoms with E-state index < -0.39 is 0 Å². The fourth-order valence-corrected chi connectivity index (χ4v) is 2.32. The molecule has 0 fully saturated rings. The van der Waals surface area contributed by atoms with Gasteiger partial charge in [-0.25, -0.2) is 4.98 Å². The quantitative estimate of drug-likeness (QED) is 0.836. The molecule has 4 heteroatoms. The highest BCUT2D eigenvalue weighted by atomic mass is 16.5. The number of ether oxygens (including phenoxy) is 1. The number of hydrogen-bond donors (Lipinski definition) is 1. The van der Waals surface area contributed by atoms with Crippen molar-refractivity contribution < 1.29 is 4.74 Å². The lowest BCUT2D eigenvalue weighted by atomic mass is 10.1. The average Bonchev–Trinajstić information content (AvgIpc) is 2.78. The average molecular weight is 287 g/mol. The Balaban J connectivity index is 2.21. The highest BCUT2D eigenvalue weighted by molar-refractivity contribution is 5.71. The van der Waals surface area contributed by atoms with Crippen molar-refractivity contribution >= 4 is 5.82 Å². The molecule has 0 aliphatic rings. The van der Waals surface area contributed by atoms with E-state index >= 15 is 0 Å². The molecular formula is C17H25N3O. The van der Waals surface area contributed by atoms with Gasteiger partial charge in [0.05, 0.1) is 6.61 Å². The zero-order chi connectivity index (χ0) is 15.2. The van der Waals surface area contributed by atoms with Gasteiger partial charge in [0.25, 0.3) is 0 Å². The molecule has 0 bridgehead atoms. The van der Waals surface area contributed by atoms with Crippen LogP contribution in [-0.4, -0.2) is 16.2 Å². The number of nitrogens with zero attached hydrogens (tertiary/aromatic N) is 2. The highest BCUT2D eigenvalue weighted by Crippen LogP contribution is 2.28. The summed E-state index contributed by atoms with van der Waals surface area (Å²) in [5.41, 5.74) is 8.17. The van der Waals surface area contributed by atoms with Gasteiger partial charge in [-0.05, 0) is 44.0 Å². The summed E-state index contributed by atoms with van der Waals surface area (Å²) in [6.07, 6.45) is 3.27. The Morgan fingerprint density at radius 1 is 1.14 bits per heavy atom. The summed E-state index contributed by atoms with van der Waals surface area (Å²) >= 11 is 0. The summed E-state index contributed by atoms with van der Waals surface area (Å²) in [5, 5.41) is 0. The second-order valence-electron chi connectivity index (χ2n) is 5.27. The molecule has 1 heterocycles. The number of aryl methyl sites for hydroxylation is 1. The minimum atomic E-state index is 0.742. The molecule has 0 saturated heterocycles. The highest BCUT2D eigenvalue weighted by Gasteiger charge is 2.13. The van der Waals surface area contributed by atoms with E-state index in [1.807, 2.05) is 31.2 Å². The van der Waals surface area contributed by atoms with E-state index in [0.29, 0.717) is 0 Å². The Morgan fingerprint density at radius 3 is 2.48 bits per heavy atom. The number of anilines is 1. The van der Waals surface area contributed by atoms with Crippen LogP contribution in [0.3, 0.4) is 0 Å². The minimum Gasteiger partial charge on any atom is -0.494 e. The van der Waals surface area contributed by atoms with E-state index in [0.717, 1.165) is 61.1 Å². The number of unbranched alkanes of at least 4 members (excludes halogenated alkanes) is 1. The van der Waals surface area contributed by atoms with Crippen LogP contribution in [0, 0.1) is 6.92 Å². The van der Waals surface area contributed by atoms with E-state index in [1.165, 1.54) is 0 Å². The number of aromatic nitrogens is 2. The fraction of sp³-hybridized carbons (Fsp3) is 0.471. The molecule has 0 unspecified atom stereocenters. The third-order valence-electron chi connectivity index (χ3n) is 3.53. The number of nitrogen functional groups attached to an aromatic ring is 1. The van der Waals surface area contributed by atoms with Crippen molar-refractivity contribution in [1.82, 2.24) is 9.55 Å². The maximum absolute atomic E-state index is 6.26. The van der Waals surface area contributed by atoms with Gasteiger partial charge >= 0.3 is 0 Å². The van der Waals surface area contributed by atoms with Crippen molar-refractivity contribution in [3.05, 3.63) is 30.1 Å². The molecule has 0 atom stereocenters. The molecular weight excluding hydrogens is 262 g/mol. The zero-order valence-corrected chi connectivity index (χ0v) is 13.2. The summed E-state index contributed by atoms with van der Waals surface area (Å²) in [6.45, 7) is 7.96. The van der Waals surface area contributed by atoms with E-state index in [-0.39, 0.29) is 0 Å². The Bertz CT molecular complexity index is 572. The van der Waals surface area contributed by atoms with Gasteiger partial charge in [-0.2, -0.15) is 0 Å². The second kappa shape index (κ2) is 7.16. The van der Waals surface area contributed by atoms with E-state index in [4.69, 9.17) is 10.5 Å². The first-order valence-electron chi connectivity index (χ1n) is 7.73. The Morgan fingerprint density at radius 2 is 1.86 bits per heavy atom. The number of nitrogens with two attached hydrogens (primary N) is 1. The molecule has 0 aliphatic carbocycles. The van der Waals surface area contributed by atoms with E-state index in [2.05, 4.69) is 23.4 Å². The molecule has 1 aromatic heterocycles. The largest absolute Gasteiger partial charge is 0.494 e. The molecule has 0 aliphatic heterocycles. The van der Waals surface area contributed by atoms with Gasteiger partial charge in [-0.1, -0.05) is 20.3 Å². The predicted octanol–water partition coefficient (Wildman–Crippen LogP) is 4.03. The van der Waals surface area contributed by atoms with Crippen LogP contribution in [0.15, 0.2) is 24.3 Å².